The van der Waals surface area contributed by atoms with Crippen molar-refractivity contribution in [1.82, 2.24) is 0 Å². The fourth-order valence-corrected chi connectivity index (χ4v) is 1.64. The van der Waals surface area contributed by atoms with Gasteiger partial charge in [-0.05, 0) is 31.5 Å². The van der Waals surface area contributed by atoms with Crippen molar-refractivity contribution in [2.45, 2.75) is 19.3 Å². The van der Waals surface area contributed by atoms with Crippen molar-refractivity contribution in [3.05, 3.63) is 23.8 Å². The molecule has 102 valence electrons. The number of hydrogen-bond acceptors (Lipinski definition) is 4. The predicted molar refractivity (Wildman–Crippen MR) is 73.9 cm³/mol. The maximum atomic E-state index is 11.8. The molecule has 0 unspecified atom stereocenters. The smallest absolute Gasteiger partial charge is 0.161 e. The van der Waals surface area contributed by atoms with Crippen molar-refractivity contribution in [3.63, 3.8) is 0 Å². The van der Waals surface area contributed by atoms with Gasteiger partial charge in [0.15, 0.2) is 17.3 Å². The zero-order valence-corrected chi connectivity index (χ0v) is 12.0. The molecule has 0 saturated carbocycles. The third kappa shape index (κ3) is 3.15. The minimum Gasteiger partial charge on any atom is -0.493 e. The summed E-state index contributed by atoms with van der Waals surface area (Å²) in [5.41, 5.74) is 5.67. The number of carbonyl (C=O) groups excluding carboxylic acids is 1. The lowest BCUT2D eigenvalue weighted by Gasteiger charge is -2.24. The molecule has 0 amide bonds. The summed E-state index contributed by atoms with van der Waals surface area (Å²) < 4.78 is 10.4. The highest BCUT2D eigenvalue weighted by atomic mass is 35.5. The van der Waals surface area contributed by atoms with Crippen LogP contribution in [0.25, 0.3) is 0 Å². The van der Waals surface area contributed by atoms with Crippen LogP contribution in [0, 0.1) is 0 Å². The molecule has 0 radical (unpaired) electrons. The van der Waals surface area contributed by atoms with E-state index in [1.807, 2.05) is 26.0 Å². The van der Waals surface area contributed by atoms with E-state index in [9.17, 15) is 4.79 Å². The molecular weight excluding hydrogens is 254 g/mol. The van der Waals surface area contributed by atoms with Gasteiger partial charge in [0.25, 0.3) is 0 Å². The van der Waals surface area contributed by atoms with Crippen molar-refractivity contribution in [2.75, 3.05) is 20.8 Å². The number of carbonyl (C=O) groups is 1. The molecule has 0 aromatic heterocycles. The van der Waals surface area contributed by atoms with E-state index in [0.717, 1.165) is 5.56 Å². The first-order valence-corrected chi connectivity index (χ1v) is 5.43. The van der Waals surface area contributed by atoms with E-state index in [4.69, 9.17) is 15.2 Å². The van der Waals surface area contributed by atoms with Crippen molar-refractivity contribution in [2.24, 2.45) is 5.73 Å². The number of nitrogens with two attached hydrogens (primary N) is 1. The van der Waals surface area contributed by atoms with E-state index in [1.165, 1.54) is 0 Å². The van der Waals surface area contributed by atoms with E-state index in [-0.39, 0.29) is 24.7 Å². The highest BCUT2D eigenvalue weighted by Crippen LogP contribution is 2.33. The van der Waals surface area contributed by atoms with Gasteiger partial charge in [0.2, 0.25) is 0 Å². The summed E-state index contributed by atoms with van der Waals surface area (Å²) in [6.45, 7) is 3.73. The summed E-state index contributed by atoms with van der Waals surface area (Å²) in [6.07, 6.45) is 0. The van der Waals surface area contributed by atoms with Gasteiger partial charge in [0.05, 0.1) is 20.8 Å². The fourth-order valence-electron chi connectivity index (χ4n) is 1.64. The Labute approximate surface area is 114 Å². The minimum absolute atomic E-state index is 0. The number of ether oxygens (including phenoxy) is 2. The van der Waals surface area contributed by atoms with Gasteiger partial charge in [-0.15, -0.1) is 12.4 Å². The summed E-state index contributed by atoms with van der Waals surface area (Å²) in [5, 5.41) is 0. The standard InChI is InChI=1S/C13H19NO3.ClH/c1-13(2,12(15)8-14)9-5-6-10(16-3)11(7-9)17-4;/h5-7H,8,14H2,1-4H3;1H. The van der Waals surface area contributed by atoms with Crippen LogP contribution in [-0.2, 0) is 10.2 Å². The van der Waals surface area contributed by atoms with Gasteiger partial charge in [-0.1, -0.05) is 6.07 Å². The van der Waals surface area contributed by atoms with Crippen LogP contribution < -0.4 is 15.2 Å². The molecular formula is C13H20ClNO3. The van der Waals surface area contributed by atoms with Gasteiger partial charge in [-0.2, -0.15) is 0 Å². The Hall–Kier alpha value is -1.26. The molecule has 0 saturated heterocycles. The van der Waals surface area contributed by atoms with Gasteiger partial charge < -0.3 is 15.2 Å². The predicted octanol–water partition coefficient (Wildman–Crippen LogP) is 1.93. The van der Waals surface area contributed by atoms with Crippen molar-refractivity contribution < 1.29 is 14.3 Å². The van der Waals surface area contributed by atoms with E-state index in [2.05, 4.69) is 0 Å². The number of methoxy groups -OCH3 is 2. The fraction of sp³-hybridized carbons (Fsp3) is 0.462. The number of Topliss-reactive ketones (excluding diaryl/α,β-unsaturated/α-hetero) is 1. The molecule has 0 heterocycles. The topological polar surface area (TPSA) is 61.5 Å². The van der Waals surface area contributed by atoms with E-state index in [1.54, 1.807) is 20.3 Å². The van der Waals surface area contributed by atoms with Gasteiger partial charge in [0, 0.05) is 5.41 Å². The number of ketones is 1. The maximum Gasteiger partial charge on any atom is 0.161 e. The Morgan fingerprint density at radius 3 is 2.22 bits per heavy atom. The first kappa shape index (κ1) is 16.7. The second kappa shape index (κ2) is 6.61. The third-order valence-corrected chi connectivity index (χ3v) is 2.99. The molecule has 2 N–H and O–H groups in total. The molecule has 18 heavy (non-hydrogen) atoms. The molecule has 1 aromatic rings. The normalized spacial score (nSPS) is 10.5. The molecule has 0 bridgehead atoms. The van der Waals surface area contributed by atoms with Crippen LogP contribution in [0.1, 0.15) is 19.4 Å². The molecule has 0 aliphatic carbocycles. The zero-order valence-electron chi connectivity index (χ0n) is 11.1. The largest absolute Gasteiger partial charge is 0.493 e. The first-order chi connectivity index (χ1) is 7.97. The first-order valence-electron chi connectivity index (χ1n) is 5.43. The lowest BCUT2D eigenvalue weighted by molar-refractivity contribution is -0.122. The van der Waals surface area contributed by atoms with Gasteiger partial charge in [0.1, 0.15) is 0 Å². The Morgan fingerprint density at radius 1 is 1.22 bits per heavy atom. The number of rotatable bonds is 5. The second-order valence-electron chi connectivity index (χ2n) is 4.32. The molecule has 0 atom stereocenters. The van der Waals surface area contributed by atoms with Crippen LogP contribution in [0.4, 0.5) is 0 Å². The number of hydrogen-bond donors (Lipinski definition) is 1. The third-order valence-electron chi connectivity index (χ3n) is 2.99. The monoisotopic (exact) mass is 273 g/mol. The summed E-state index contributed by atoms with van der Waals surface area (Å²) in [4.78, 5) is 11.8. The van der Waals surface area contributed by atoms with Gasteiger partial charge in [-0.3, -0.25) is 4.79 Å². The van der Waals surface area contributed by atoms with Crippen molar-refractivity contribution >= 4 is 18.2 Å². The molecule has 0 aliphatic heterocycles. The summed E-state index contributed by atoms with van der Waals surface area (Å²) in [5.74, 6) is 1.25. The Kier molecular flexibility index (Phi) is 6.15. The zero-order chi connectivity index (χ0) is 13.1. The van der Waals surface area contributed by atoms with E-state index in [0.29, 0.717) is 11.5 Å². The van der Waals surface area contributed by atoms with Crippen LogP contribution >= 0.6 is 12.4 Å². The molecule has 1 rings (SSSR count). The molecule has 1 aromatic carbocycles. The molecule has 0 aliphatic rings. The quantitative estimate of drug-likeness (QED) is 0.890. The Morgan fingerprint density at radius 2 is 1.78 bits per heavy atom. The maximum absolute atomic E-state index is 11.8. The van der Waals surface area contributed by atoms with Crippen LogP contribution in [0.2, 0.25) is 0 Å². The highest BCUT2D eigenvalue weighted by molar-refractivity contribution is 5.90. The molecule has 5 heteroatoms. The minimum atomic E-state index is -0.617. The van der Waals surface area contributed by atoms with E-state index >= 15 is 0 Å². The van der Waals surface area contributed by atoms with Crippen LogP contribution in [-0.4, -0.2) is 26.5 Å². The van der Waals surface area contributed by atoms with Gasteiger partial charge >= 0.3 is 0 Å². The van der Waals surface area contributed by atoms with Crippen LogP contribution in [0.15, 0.2) is 18.2 Å². The summed E-state index contributed by atoms with van der Waals surface area (Å²) in [7, 11) is 3.15. The van der Waals surface area contributed by atoms with Gasteiger partial charge in [-0.25, -0.2) is 0 Å². The van der Waals surface area contributed by atoms with E-state index < -0.39 is 5.41 Å². The lowest BCUT2D eigenvalue weighted by atomic mass is 9.80. The average Bonchev–Trinajstić information content (AvgIpc) is 2.36. The lowest BCUT2D eigenvalue weighted by Crippen LogP contribution is -2.34. The Bertz CT molecular complexity index is 419. The molecule has 0 fully saturated rings. The summed E-state index contributed by atoms with van der Waals surface area (Å²) >= 11 is 0. The van der Waals surface area contributed by atoms with Crippen LogP contribution in [0.3, 0.4) is 0 Å². The highest BCUT2D eigenvalue weighted by Gasteiger charge is 2.29. The SMILES string of the molecule is COc1ccc(C(C)(C)C(=O)CN)cc1OC.Cl. The van der Waals surface area contributed by atoms with Crippen molar-refractivity contribution in [1.29, 1.82) is 0 Å². The van der Waals surface area contributed by atoms with Crippen molar-refractivity contribution in [3.8, 4) is 11.5 Å². The molecule has 0 spiro atoms. The Balaban J connectivity index is 0.00000289. The number of halogens is 1. The average molecular weight is 274 g/mol. The van der Waals surface area contributed by atoms with Crippen LogP contribution in [0.5, 0.6) is 11.5 Å². The number of benzene rings is 1. The second-order valence-corrected chi connectivity index (χ2v) is 4.32. The molecule has 4 nitrogen and oxygen atoms in total. The summed E-state index contributed by atoms with van der Waals surface area (Å²) in [6, 6.07) is 5.46.